The molecule has 0 bridgehead atoms. The molecule has 0 aromatic carbocycles. The number of rotatable bonds is 5. The normalized spacial score (nSPS) is 9.25. The van der Waals surface area contributed by atoms with E-state index in [9.17, 15) is 4.79 Å². The zero-order valence-electron chi connectivity index (χ0n) is 8.26. The number of carbonyl (C=O) groups excluding carboxylic acids is 1. The summed E-state index contributed by atoms with van der Waals surface area (Å²) in [6.07, 6.45) is 5.43. The molecular weight excluding hydrogens is 153 g/mol. The summed E-state index contributed by atoms with van der Waals surface area (Å²) >= 11 is 0. The third-order valence-corrected chi connectivity index (χ3v) is 1.50. The highest BCUT2D eigenvalue weighted by atomic mass is 16.1. The molecule has 0 saturated heterocycles. The van der Waals surface area contributed by atoms with E-state index in [4.69, 9.17) is 0 Å². The second kappa shape index (κ2) is 6.83. The predicted octanol–water partition coefficient (Wildman–Crippen LogP) is 0.636. The Hall–Kier alpha value is -0.860. The zero-order valence-corrected chi connectivity index (χ0v) is 8.26. The molecule has 0 fully saturated rings. The van der Waals surface area contributed by atoms with Gasteiger partial charge in [0.2, 0.25) is 5.91 Å². The molecule has 0 heterocycles. The van der Waals surface area contributed by atoms with E-state index in [1.165, 1.54) is 0 Å². The summed E-state index contributed by atoms with van der Waals surface area (Å²) in [6, 6.07) is 0. The zero-order chi connectivity index (χ0) is 9.40. The van der Waals surface area contributed by atoms with E-state index < -0.39 is 0 Å². The van der Waals surface area contributed by atoms with E-state index in [1.807, 2.05) is 14.1 Å². The van der Waals surface area contributed by atoms with Gasteiger partial charge in [-0.3, -0.25) is 4.79 Å². The van der Waals surface area contributed by atoms with Gasteiger partial charge in [0.1, 0.15) is 20.3 Å². The largest absolute Gasteiger partial charge is 0.356 e. The summed E-state index contributed by atoms with van der Waals surface area (Å²) in [6.45, 7) is 2.35. The summed E-state index contributed by atoms with van der Waals surface area (Å²) in [4.78, 5) is 10.5. The topological polar surface area (TPSA) is 32.1 Å². The van der Waals surface area contributed by atoms with Crippen LogP contribution in [-0.4, -0.2) is 37.3 Å². The van der Waals surface area contributed by atoms with Crippen molar-refractivity contribution in [1.29, 1.82) is 0 Å². The first-order chi connectivity index (χ1) is 5.63. The quantitative estimate of drug-likeness (QED) is 0.280. The van der Waals surface area contributed by atoms with Crippen molar-refractivity contribution in [3.05, 3.63) is 0 Å². The molecule has 3 nitrogen and oxygen atoms in total. The monoisotopic (exact) mass is 172 g/mol. The van der Waals surface area contributed by atoms with E-state index in [0.29, 0.717) is 0 Å². The number of nitrogens with one attached hydrogen (secondary N) is 1. The second-order valence-corrected chi connectivity index (χ2v) is 3.12. The average molecular weight is 172 g/mol. The van der Waals surface area contributed by atoms with Crippen LogP contribution in [0.3, 0.4) is 0 Å². The maximum atomic E-state index is 10.5. The number of nitrogens with zero attached hydrogens (tertiary/aromatic N) is 1. The molecule has 0 radical (unpaired) electrons. The van der Waals surface area contributed by atoms with Crippen LogP contribution >= 0.6 is 0 Å². The highest BCUT2D eigenvalue weighted by Crippen LogP contribution is 1.90. The van der Waals surface area contributed by atoms with E-state index in [2.05, 4.69) is 16.1 Å². The maximum Gasteiger partial charge on any atom is 0.216 e. The van der Waals surface area contributed by atoms with Crippen molar-refractivity contribution in [2.24, 2.45) is 0 Å². The summed E-state index contributed by atoms with van der Waals surface area (Å²) in [5.41, 5.74) is 0. The van der Waals surface area contributed by atoms with Gasteiger partial charge in [0, 0.05) is 19.9 Å². The number of unbranched alkanes of at least 4 members (excludes halogenated alkanes) is 2. The molecule has 70 valence electrons. The third kappa shape index (κ3) is 9.14. The molecular formula is C9H19N2O+. The highest BCUT2D eigenvalue weighted by Gasteiger charge is 1.91. The molecule has 3 heteroatoms. The predicted molar refractivity (Wildman–Crippen MR) is 50.7 cm³/mol. The molecule has 0 aromatic heterocycles. The summed E-state index contributed by atoms with van der Waals surface area (Å²) < 4.78 is 2.05. The van der Waals surface area contributed by atoms with Crippen molar-refractivity contribution in [3.63, 3.8) is 0 Å². The van der Waals surface area contributed by atoms with Crippen LogP contribution in [0, 0.1) is 0 Å². The van der Waals surface area contributed by atoms with Crippen molar-refractivity contribution in [2.45, 2.75) is 26.2 Å². The molecule has 0 unspecified atom stereocenters. The fourth-order valence-corrected chi connectivity index (χ4v) is 0.883. The van der Waals surface area contributed by atoms with Crippen molar-refractivity contribution >= 4 is 12.1 Å². The summed E-state index contributed by atoms with van der Waals surface area (Å²) in [7, 11) is 4.04. The van der Waals surface area contributed by atoms with Crippen LogP contribution in [0.2, 0.25) is 0 Å². The Labute approximate surface area is 74.5 Å². The smallest absolute Gasteiger partial charge is 0.216 e. The van der Waals surface area contributed by atoms with Gasteiger partial charge in [-0.15, -0.1) is 0 Å². The van der Waals surface area contributed by atoms with Gasteiger partial charge in [-0.05, 0) is 12.8 Å². The van der Waals surface area contributed by atoms with E-state index in [-0.39, 0.29) is 5.91 Å². The van der Waals surface area contributed by atoms with Gasteiger partial charge < -0.3 is 5.32 Å². The van der Waals surface area contributed by atoms with Crippen LogP contribution in [0.5, 0.6) is 0 Å². The Morgan fingerprint density at radius 2 is 2.08 bits per heavy atom. The molecule has 0 aromatic rings. The highest BCUT2D eigenvalue weighted by molar-refractivity contribution is 5.72. The first-order valence-corrected chi connectivity index (χ1v) is 4.37. The standard InChI is InChI=1S/C9H18N2O/c1-9(12)10-7-5-4-6-8-11(2)3/h8H,4-7H2,1-3H3/p+1/i7+1. The van der Waals surface area contributed by atoms with Gasteiger partial charge in [0.05, 0.1) is 0 Å². The minimum Gasteiger partial charge on any atom is -0.356 e. The number of amides is 1. The van der Waals surface area contributed by atoms with E-state index >= 15 is 0 Å². The summed E-state index contributed by atoms with van der Waals surface area (Å²) in [5, 5.41) is 2.77. The van der Waals surface area contributed by atoms with Crippen molar-refractivity contribution in [3.8, 4) is 0 Å². The lowest BCUT2D eigenvalue weighted by Gasteiger charge is -1.98. The lowest BCUT2D eigenvalue weighted by molar-refractivity contribution is -0.460. The number of carbonyl (C=O) groups is 1. The fourth-order valence-electron chi connectivity index (χ4n) is 0.883. The van der Waals surface area contributed by atoms with E-state index in [0.717, 1.165) is 25.8 Å². The Morgan fingerprint density at radius 3 is 2.58 bits per heavy atom. The molecule has 0 spiro atoms. The van der Waals surface area contributed by atoms with Crippen molar-refractivity contribution in [1.82, 2.24) is 5.32 Å². The Kier molecular flexibility index (Phi) is 6.34. The first-order valence-electron chi connectivity index (χ1n) is 4.37. The minimum absolute atomic E-state index is 0.0617. The fraction of sp³-hybridized carbons (Fsp3) is 0.778. The van der Waals surface area contributed by atoms with Crippen LogP contribution in [0.4, 0.5) is 0 Å². The molecule has 0 aliphatic heterocycles. The molecule has 1 N–H and O–H groups in total. The van der Waals surface area contributed by atoms with Gasteiger partial charge in [-0.2, -0.15) is 0 Å². The molecule has 0 saturated carbocycles. The first kappa shape index (κ1) is 11.1. The van der Waals surface area contributed by atoms with Crippen LogP contribution in [0.15, 0.2) is 0 Å². The third-order valence-electron chi connectivity index (χ3n) is 1.50. The van der Waals surface area contributed by atoms with Gasteiger partial charge in [0.25, 0.3) is 0 Å². The van der Waals surface area contributed by atoms with Crippen molar-refractivity contribution < 1.29 is 9.37 Å². The molecule has 0 aliphatic rings. The van der Waals surface area contributed by atoms with Gasteiger partial charge in [0.15, 0.2) is 0 Å². The SMILES string of the molecule is CC(=O)N[13CH2]CCCC=[N+](C)C. The van der Waals surface area contributed by atoms with E-state index in [1.54, 1.807) is 6.92 Å². The minimum atomic E-state index is 0.0617. The lowest BCUT2D eigenvalue weighted by Crippen LogP contribution is -2.20. The van der Waals surface area contributed by atoms with Crippen molar-refractivity contribution in [2.75, 3.05) is 20.6 Å². The lowest BCUT2D eigenvalue weighted by atomic mass is 10.3. The number of hydrogen-bond donors (Lipinski definition) is 1. The van der Waals surface area contributed by atoms with Crippen LogP contribution in [0.1, 0.15) is 26.2 Å². The molecule has 1 amide bonds. The second-order valence-electron chi connectivity index (χ2n) is 3.12. The van der Waals surface area contributed by atoms with Gasteiger partial charge in [-0.25, -0.2) is 4.58 Å². The Morgan fingerprint density at radius 1 is 1.42 bits per heavy atom. The van der Waals surface area contributed by atoms with Crippen LogP contribution in [-0.2, 0) is 4.79 Å². The Bertz CT molecular complexity index is 160. The molecule has 12 heavy (non-hydrogen) atoms. The number of hydrogen-bond acceptors (Lipinski definition) is 1. The van der Waals surface area contributed by atoms with Gasteiger partial charge >= 0.3 is 0 Å². The average Bonchev–Trinajstić information content (AvgIpc) is 1.95. The summed E-state index contributed by atoms with van der Waals surface area (Å²) in [5.74, 6) is 0.0617. The maximum absolute atomic E-state index is 10.5. The van der Waals surface area contributed by atoms with Crippen LogP contribution < -0.4 is 5.32 Å². The van der Waals surface area contributed by atoms with Crippen LogP contribution in [0.25, 0.3) is 0 Å². The van der Waals surface area contributed by atoms with Gasteiger partial charge in [-0.1, -0.05) is 0 Å². The Balaban J connectivity index is 3.11. The molecule has 0 rings (SSSR count). The molecule has 0 aliphatic carbocycles. The molecule has 0 atom stereocenters.